The van der Waals surface area contributed by atoms with E-state index in [1.54, 1.807) is 18.2 Å². The summed E-state index contributed by atoms with van der Waals surface area (Å²) in [4.78, 5) is 0. The predicted octanol–water partition coefficient (Wildman–Crippen LogP) is 2.34. The second-order valence-corrected chi connectivity index (χ2v) is 4.20. The molecular formula is C9H11ClF2INO. The fraction of sp³-hybridized carbons (Fsp3) is 0.333. The SMILES string of the molecule is Cl.N[C@@H](c1cccc(I)c1)C(F)(F)CO. The molecule has 0 heterocycles. The van der Waals surface area contributed by atoms with Crippen LogP contribution in [-0.2, 0) is 0 Å². The second-order valence-electron chi connectivity index (χ2n) is 2.95. The van der Waals surface area contributed by atoms with Crippen molar-refractivity contribution in [1.82, 2.24) is 0 Å². The second kappa shape index (κ2) is 5.93. The van der Waals surface area contributed by atoms with E-state index in [9.17, 15) is 8.78 Å². The van der Waals surface area contributed by atoms with Crippen LogP contribution >= 0.6 is 35.0 Å². The summed E-state index contributed by atoms with van der Waals surface area (Å²) in [7, 11) is 0. The van der Waals surface area contributed by atoms with Crippen molar-refractivity contribution in [2.24, 2.45) is 5.73 Å². The summed E-state index contributed by atoms with van der Waals surface area (Å²) in [5.41, 5.74) is 5.67. The number of nitrogens with two attached hydrogens (primary N) is 1. The number of hydrogen-bond acceptors (Lipinski definition) is 2. The van der Waals surface area contributed by atoms with Crippen LogP contribution in [-0.4, -0.2) is 17.6 Å². The van der Waals surface area contributed by atoms with Gasteiger partial charge in [-0.3, -0.25) is 0 Å². The highest BCUT2D eigenvalue weighted by atomic mass is 127. The molecule has 0 amide bonds. The van der Waals surface area contributed by atoms with Gasteiger partial charge in [0.2, 0.25) is 0 Å². The molecule has 1 rings (SSSR count). The first-order chi connectivity index (χ1) is 6.47. The van der Waals surface area contributed by atoms with E-state index < -0.39 is 18.6 Å². The van der Waals surface area contributed by atoms with Gasteiger partial charge in [-0.1, -0.05) is 12.1 Å². The third-order valence-electron chi connectivity index (χ3n) is 1.87. The fourth-order valence-corrected chi connectivity index (χ4v) is 1.61. The van der Waals surface area contributed by atoms with E-state index in [2.05, 4.69) is 0 Å². The molecule has 0 unspecified atom stereocenters. The molecule has 3 N–H and O–H groups in total. The topological polar surface area (TPSA) is 46.2 Å². The van der Waals surface area contributed by atoms with Crippen molar-refractivity contribution in [2.45, 2.75) is 12.0 Å². The lowest BCUT2D eigenvalue weighted by Gasteiger charge is -2.21. The van der Waals surface area contributed by atoms with Crippen molar-refractivity contribution in [1.29, 1.82) is 0 Å². The Balaban J connectivity index is 0.00000196. The lowest BCUT2D eigenvalue weighted by atomic mass is 10.0. The van der Waals surface area contributed by atoms with Gasteiger partial charge in [0.15, 0.2) is 0 Å². The molecule has 0 spiro atoms. The maximum absolute atomic E-state index is 13.0. The summed E-state index contributed by atoms with van der Waals surface area (Å²) >= 11 is 2.02. The highest BCUT2D eigenvalue weighted by Crippen LogP contribution is 2.29. The van der Waals surface area contributed by atoms with E-state index in [0.29, 0.717) is 5.56 Å². The molecule has 2 nitrogen and oxygen atoms in total. The smallest absolute Gasteiger partial charge is 0.289 e. The zero-order chi connectivity index (χ0) is 10.8. The average Bonchev–Trinajstić information content (AvgIpc) is 2.16. The minimum atomic E-state index is -3.27. The molecule has 0 saturated heterocycles. The van der Waals surface area contributed by atoms with Gasteiger partial charge >= 0.3 is 0 Å². The van der Waals surface area contributed by atoms with E-state index in [1.807, 2.05) is 22.6 Å². The Bertz CT molecular complexity index is 325. The number of alkyl halides is 2. The number of aliphatic hydroxyl groups excluding tert-OH is 1. The molecule has 1 aromatic carbocycles. The molecule has 15 heavy (non-hydrogen) atoms. The number of halogens is 4. The Labute approximate surface area is 106 Å². The maximum Gasteiger partial charge on any atom is 0.289 e. The lowest BCUT2D eigenvalue weighted by Crippen LogP contribution is -2.36. The van der Waals surface area contributed by atoms with Gasteiger partial charge in [0.25, 0.3) is 5.92 Å². The molecule has 0 aliphatic heterocycles. The molecule has 0 saturated carbocycles. The molecular weight excluding hydrogens is 338 g/mol. The van der Waals surface area contributed by atoms with Gasteiger partial charge in [0, 0.05) is 3.57 Å². The van der Waals surface area contributed by atoms with Crippen molar-refractivity contribution in [2.75, 3.05) is 6.61 Å². The van der Waals surface area contributed by atoms with E-state index in [4.69, 9.17) is 10.8 Å². The molecule has 6 heteroatoms. The van der Waals surface area contributed by atoms with Crippen LogP contribution in [0.5, 0.6) is 0 Å². The van der Waals surface area contributed by atoms with E-state index in [0.717, 1.165) is 3.57 Å². The third kappa shape index (κ3) is 3.82. The fourth-order valence-electron chi connectivity index (χ4n) is 1.04. The molecule has 0 radical (unpaired) electrons. The first-order valence-corrected chi connectivity index (χ1v) is 5.05. The number of aliphatic hydroxyl groups is 1. The van der Waals surface area contributed by atoms with E-state index in [1.165, 1.54) is 6.07 Å². The van der Waals surface area contributed by atoms with Crippen LogP contribution < -0.4 is 5.73 Å². The van der Waals surface area contributed by atoms with Crippen LogP contribution in [0, 0.1) is 3.57 Å². The molecule has 0 fully saturated rings. The highest BCUT2D eigenvalue weighted by molar-refractivity contribution is 14.1. The standard InChI is InChI=1S/C9H10F2INO.ClH/c10-9(11,5-14)8(13)6-2-1-3-7(12)4-6;/h1-4,8,14H,5,13H2;1H/t8-;/m0./s1. The average molecular weight is 350 g/mol. The third-order valence-corrected chi connectivity index (χ3v) is 2.54. The zero-order valence-electron chi connectivity index (χ0n) is 7.66. The largest absolute Gasteiger partial charge is 0.390 e. The van der Waals surface area contributed by atoms with E-state index in [-0.39, 0.29) is 12.4 Å². The monoisotopic (exact) mass is 349 g/mol. The van der Waals surface area contributed by atoms with Crippen LogP contribution in [0.4, 0.5) is 8.78 Å². The molecule has 0 aliphatic rings. The van der Waals surface area contributed by atoms with Gasteiger partial charge in [-0.25, -0.2) is 8.78 Å². The molecule has 1 aromatic rings. The van der Waals surface area contributed by atoms with Crippen molar-refractivity contribution in [3.63, 3.8) is 0 Å². The Morgan fingerprint density at radius 1 is 1.47 bits per heavy atom. The highest BCUT2D eigenvalue weighted by Gasteiger charge is 2.37. The summed E-state index contributed by atoms with van der Waals surface area (Å²) in [5, 5.41) is 8.46. The van der Waals surface area contributed by atoms with Crippen molar-refractivity contribution >= 4 is 35.0 Å². The minimum absolute atomic E-state index is 0. The Kier molecular flexibility index (Phi) is 5.94. The van der Waals surface area contributed by atoms with Crippen molar-refractivity contribution in [3.05, 3.63) is 33.4 Å². The van der Waals surface area contributed by atoms with Crippen molar-refractivity contribution in [3.8, 4) is 0 Å². The van der Waals surface area contributed by atoms with E-state index >= 15 is 0 Å². The number of benzene rings is 1. The minimum Gasteiger partial charge on any atom is -0.390 e. The van der Waals surface area contributed by atoms with Gasteiger partial charge in [0.05, 0.1) is 6.04 Å². The van der Waals surface area contributed by atoms with Gasteiger partial charge in [0.1, 0.15) is 6.61 Å². The quantitative estimate of drug-likeness (QED) is 0.823. The summed E-state index contributed by atoms with van der Waals surface area (Å²) in [5.74, 6) is -3.27. The Morgan fingerprint density at radius 3 is 2.53 bits per heavy atom. The number of rotatable bonds is 3. The van der Waals surface area contributed by atoms with Crippen LogP contribution in [0.15, 0.2) is 24.3 Å². The van der Waals surface area contributed by atoms with Crippen LogP contribution in [0.1, 0.15) is 11.6 Å². The zero-order valence-corrected chi connectivity index (χ0v) is 10.6. The van der Waals surface area contributed by atoms with Crippen LogP contribution in [0.25, 0.3) is 0 Å². The van der Waals surface area contributed by atoms with Gasteiger partial charge in [-0.15, -0.1) is 12.4 Å². The maximum atomic E-state index is 13.0. The summed E-state index contributed by atoms with van der Waals surface area (Å²) < 4.78 is 26.8. The lowest BCUT2D eigenvalue weighted by molar-refractivity contribution is -0.0711. The molecule has 0 aliphatic carbocycles. The summed E-state index contributed by atoms with van der Waals surface area (Å²) in [6.45, 7) is -1.24. The summed E-state index contributed by atoms with van der Waals surface area (Å²) in [6, 6.07) is 5.09. The van der Waals surface area contributed by atoms with Gasteiger partial charge < -0.3 is 10.8 Å². The van der Waals surface area contributed by atoms with Crippen molar-refractivity contribution < 1.29 is 13.9 Å². The first-order valence-electron chi connectivity index (χ1n) is 3.97. The Morgan fingerprint density at radius 2 is 2.07 bits per heavy atom. The molecule has 1 atom stereocenters. The normalized spacial score (nSPS) is 13.1. The van der Waals surface area contributed by atoms with Gasteiger partial charge in [-0.05, 0) is 40.3 Å². The molecule has 0 bridgehead atoms. The van der Waals surface area contributed by atoms with Gasteiger partial charge in [-0.2, -0.15) is 0 Å². The number of hydrogen-bond donors (Lipinski definition) is 2. The molecule has 86 valence electrons. The predicted molar refractivity (Wildman–Crippen MR) is 65.4 cm³/mol. The van der Waals surface area contributed by atoms with Crippen LogP contribution in [0.2, 0.25) is 0 Å². The molecule has 0 aromatic heterocycles. The first kappa shape index (κ1) is 15.0. The Hall–Kier alpha value is 0.0200. The summed E-state index contributed by atoms with van der Waals surface area (Å²) in [6.07, 6.45) is 0. The van der Waals surface area contributed by atoms with Crippen LogP contribution in [0.3, 0.4) is 0 Å².